The van der Waals surface area contributed by atoms with E-state index in [0.717, 1.165) is 37.6 Å². The van der Waals surface area contributed by atoms with Gasteiger partial charge in [-0.2, -0.15) is 11.8 Å². The molecule has 2 rings (SSSR count). The summed E-state index contributed by atoms with van der Waals surface area (Å²) in [5, 5.41) is 14.3. The summed E-state index contributed by atoms with van der Waals surface area (Å²) < 4.78 is 0. The summed E-state index contributed by atoms with van der Waals surface area (Å²) in [7, 11) is 0. The molecule has 1 aliphatic heterocycles. The predicted octanol–water partition coefficient (Wildman–Crippen LogP) is 2.36. The van der Waals surface area contributed by atoms with Gasteiger partial charge < -0.3 is 10.2 Å². The minimum atomic E-state index is -0.353. The van der Waals surface area contributed by atoms with E-state index in [-0.39, 0.29) is 10.6 Å². The van der Waals surface area contributed by atoms with E-state index in [1.54, 1.807) is 12.1 Å². The van der Waals surface area contributed by atoms with Crippen molar-refractivity contribution in [3.8, 4) is 0 Å². The molecule has 1 aliphatic rings. The smallest absolute Gasteiger partial charge is 0.311 e. The van der Waals surface area contributed by atoms with Crippen LogP contribution < -0.4 is 10.2 Å². The normalized spacial score (nSPS) is 15.3. The highest BCUT2D eigenvalue weighted by Crippen LogP contribution is 2.29. The molecule has 0 atom stereocenters. The van der Waals surface area contributed by atoms with Gasteiger partial charge in [-0.05, 0) is 12.5 Å². The van der Waals surface area contributed by atoms with Crippen LogP contribution in [0.3, 0.4) is 0 Å². The van der Waals surface area contributed by atoms with Crippen LogP contribution in [0.15, 0.2) is 12.1 Å². The van der Waals surface area contributed by atoms with Gasteiger partial charge in [-0.3, -0.25) is 10.1 Å². The van der Waals surface area contributed by atoms with Crippen molar-refractivity contribution < 1.29 is 4.92 Å². The fourth-order valence-electron chi connectivity index (χ4n) is 1.94. The van der Waals surface area contributed by atoms with E-state index in [4.69, 9.17) is 0 Å². The molecule has 2 heterocycles. The summed E-state index contributed by atoms with van der Waals surface area (Å²) in [6.45, 7) is 4.52. The number of thioether (sulfide) groups is 1. The Labute approximate surface area is 116 Å². The molecule has 0 unspecified atom stereocenters. The molecule has 0 aromatic carbocycles. The molecule has 1 aromatic rings. The van der Waals surface area contributed by atoms with Gasteiger partial charge in [0.2, 0.25) is 5.82 Å². The van der Waals surface area contributed by atoms with Gasteiger partial charge in [-0.1, -0.05) is 6.92 Å². The standard InChI is InChI=1S/C12H18N4O2S/c1-2-5-13-11-4-3-10(16(17)18)12(14-11)15-6-8-19-9-7-15/h3-4H,2,5-9H2,1H3,(H,13,14). The molecule has 0 radical (unpaired) electrons. The summed E-state index contributed by atoms with van der Waals surface area (Å²) in [6, 6.07) is 3.22. The summed E-state index contributed by atoms with van der Waals surface area (Å²) >= 11 is 1.87. The van der Waals surface area contributed by atoms with Crippen molar-refractivity contribution in [1.82, 2.24) is 4.98 Å². The van der Waals surface area contributed by atoms with Crippen LogP contribution in [0.5, 0.6) is 0 Å². The van der Waals surface area contributed by atoms with Crippen LogP contribution >= 0.6 is 11.8 Å². The van der Waals surface area contributed by atoms with Crippen molar-refractivity contribution >= 4 is 29.1 Å². The quantitative estimate of drug-likeness (QED) is 0.660. The number of rotatable bonds is 5. The number of nitro groups is 1. The average Bonchev–Trinajstić information content (AvgIpc) is 2.45. The Morgan fingerprint density at radius 3 is 2.84 bits per heavy atom. The Morgan fingerprint density at radius 2 is 2.21 bits per heavy atom. The third-order valence-corrected chi connectivity index (χ3v) is 3.86. The van der Waals surface area contributed by atoms with Gasteiger partial charge in [0, 0.05) is 37.2 Å². The molecular formula is C12H18N4O2S. The zero-order chi connectivity index (χ0) is 13.7. The van der Waals surface area contributed by atoms with Crippen LogP contribution in [0.1, 0.15) is 13.3 Å². The molecule has 0 aliphatic carbocycles. The van der Waals surface area contributed by atoms with E-state index in [0.29, 0.717) is 11.6 Å². The van der Waals surface area contributed by atoms with Crippen molar-refractivity contribution in [3.63, 3.8) is 0 Å². The van der Waals surface area contributed by atoms with Gasteiger partial charge >= 0.3 is 5.69 Å². The zero-order valence-corrected chi connectivity index (χ0v) is 11.8. The summed E-state index contributed by atoms with van der Waals surface area (Å²) in [5.41, 5.74) is 0.0916. The lowest BCUT2D eigenvalue weighted by Gasteiger charge is -2.27. The fraction of sp³-hybridized carbons (Fsp3) is 0.583. The lowest BCUT2D eigenvalue weighted by molar-refractivity contribution is -0.384. The lowest BCUT2D eigenvalue weighted by atomic mass is 10.3. The van der Waals surface area contributed by atoms with E-state index in [1.165, 1.54) is 0 Å². The molecule has 1 aromatic heterocycles. The van der Waals surface area contributed by atoms with Gasteiger partial charge in [-0.15, -0.1) is 0 Å². The van der Waals surface area contributed by atoms with E-state index in [2.05, 4.69) is 17.2 Å². The zero-order valence-electron chi connectivity index (χ0n) is 11.0. The van der Waals surface area contributed by atoms with Crippen molar-refractivity contribution in [1.29, 1.82) is 0 Å². The van der Waals surface area contributed by atoms with E-state index in [1.807, 2.05) is 16.7 Å². The monoisotopic (exact) mass is 282 g/mol. The van der Waals surface area contributed by atoms with Crippen LogP contribution in [0, 0.1) is 10.1 Å². The molecule has 104 valence electrons. The first kappa shape index (κ1) is 13.9. The van der Waals surface area contributed by atoms with Crippen LogP contribution in [0.2, 0.25) is 0 Å². The number of hydrogen-bond donors (Lipinski definition) is 1. The maximum absolute atomic E-state index is 11.1. The Balaban J connectivity index is 2.27. The van der Waals surface area contributed by atoms with Crippen molar-refractivity contribution in [2.24, 2.45) is 0 Å². The summed E-state index contributed by atoms with van der Waals surface area (Å²) in [4.78, 5) is 17.2. The summed E-state index contributed by atoms with van der Waals surface area (Å²) in [6.07, 6.45) is 0.994. The second-order valence-electron chi connectivity index (χ2n) is 4.32. The molecule has 7 heteroatoms. The molecular weight excluding hydrogens is 264 g/mol. The highest BCUT2D eigenvalue weighted by molar-refractivity contribution is 7.99. The SMILES string of the molecule is CCCNc1ccc([N+](=O)[O-])c(N2CCSCC2)n1. The molecule has 1 N–H and O–H groups in total. The van der Waals surface area contributed by atoms with Crippen LogP contribution in [-0.4, -0.2) is 41.0 Å². The highest BCUT2D eigenvalue weighted by atomic mass is 32.2. The van der Waals surface area contributed by atoms with E-state index < -0.39 is 0 Å². The van der Waals surface area contributed by atoms with Crippen molar-refractivity contribution in [3.05, 3.63) is 22.2 Å². The molecule has 6 nitrogen and oxygen atoms in total. The second-order valence-corrected chi connectivity index (χ2v) is 5.55. The third kappa shape index (κ3) is 3.50. The molecule has 1 saturated heterocycles. The average molecular weight is 282 g/mol. The van der Waals surface area contributed by atoms with Crippen molar-refractivity contribution in [2.75, 3.05) is 41.4 Å². The minimum Gasteiger partial charge on any atom is -0.370 e. The first-order valence-electron chi connectivity index (χ1n) is 6.44. The van der Waals surface area contributed by atoms with Gasteiger partial charge in [0.15, 0.2) is 0 Å². The Hall–Kier alpha value is -1.50. The van der Waals surface area contributed by atoms with Gasteiger partial charge in [-0.25, -0.2) is 4.98 Å². The first-order valence-corrected chi connectivity index (χ1v) is 7.60. The molecule has 1 fully saturated rings. The van der Waals surface area contributed by atoms with Gasteiger partial charge in [0.25, 0.3) is 0 Å². The lowest BCUT2D eigenvalue weighted by Crippen LogP contribution is -2.33. The molecule has 0 amide bonds. The van der Waals surface area contributed by atoms with Crippen LogP contribution in [0.4, 0.5) is 17.3 Å². The number of aromatic nitrogens is 1. The minimum absolute atomic E-state index is 0.0916. The van der Waals surface area contributed by atoms with Crippen LogP contribution in [-0.2, 0) is 0 Å². The maximum atomic E-state index is 11.1. The number of nitrogens with one attached hydrogen (secondary N) is 1. The predicted molar refractivity (Wildman–Crippen MR) is 79.2 cm³/mol. The molecule has 19 heavy (non-hydrogen) atoms. The molecule has 0 bridgehead atoms. The number of nitrogens with zero attached hydrogens (tertiary/aromatic N) is 3. The third-order valence-electron chi connectivity index (χ3n) is 2.92. The molecule has 0 spiro atoms. The Morgan fingerprint density at radius 1 is 1.47 bits per heavy atom. The maximum Gasteiger partial charge on any atom is 0.311 e. The van der Waals surface area contributed by atoms with E-state index >= 15 is 0 Å². The van der Waals surface area contributed by atoms with E-state index in [9.17, 15) is 10.1 Å². The van der Waals surface area contributed by atoms with Crippen LogP contribution in [0.25, 0.3) is 0 Å². The fourth-order valence-corrected chi connectivity index (χ4v) is 2.85. The summed E-state index contributed by atoms with van der Waals surface area (Å²) in [5.74, 6) is 3.18. The van der Waals surface area contributed by atoms with Gasteiger partial charge in [0.1, 0.15) is 5.82 Å². The van der Waals surface area contributed by atoms with Crippen molar-refractivity contribution in [2.45, 2.75) is 13.3 Å². The van der Waals surface area contributed by atoms with Gasteiger partial charge in [0.05, 0.1) is 4.92 Å². The molecule has 0 saturated carbocycles. The number of hydrogen-bond acceptors (Lipinski definition) is 6. The number of anilines is 2. The topological polar surface area (TPSA) is 71.3 Å². The highest BCUT2D eigenvalue weighted by Gasteiger charge is 2.23. The Kier molecular flexibility index (Phi) is 4.84. The largest absolute Gasteiger partial charge is 0.370 e. The number of pyridine rings is 1. The first-order chi connectivity index (χ1) is 9.22. The second kappa shape index (κ2) is 6.60. The Bertz CT molecular complexity index is 449.